The average molecular weight is 245 g/mol. The van der Waals surface area contributed by atoms with Gasteiger partial charge in [-0.3, -0.25) is 9.36 Å². The Morgan fingerprint density at radius 1 is 1.33 bits per heavy atom. The molecular formula is C13H15N3O2. The molecule has 0 spiro atoms. The number of aromatic nitrogens is 2. The van der Waals surface area contributed by atoms with Crippen molar-refractivity contribution in [2.75, 3.05) is 13.2 Å². The zero-order valence-corrected chi connectivity index (χ0v) is 9.95. The number of imidazole rings is 1. The van der Waals surface area contributed by atoms with Gasteiger partial charge in [0.15, 0.2) is 6.61 Å². The molecule has 2 N–H and O–H groups in total. The van der Waals surface area contributed by atoms with E-state index >= 15 is 0 Å². The molecule has 0 unspecified atom stereocenters. The van der Waals surface area contributed by atoms with Crippen molar-refractivity contribution in [1.29, 1.82) is 0 Å². The van der Waals surface area contributed by atoms with Crippen LogP contribution >= 0.6 is 0 Å². The topological polar surface area (TPSA) is 70.1 Å². The molecule has 0 bridgehead atoms. The van der Waals surface area contributed by atoms with E-state index in [0.717, 1.165) is 5.69 Å². The minimum Gasteiger partial charge on any atom is -0.484 e. The van der Waals surface area contributed by atoms with Crippen molar-refractivity contribution in [3.63, 3.8) is 0 Å². The number of ether oxygens (including phenoxy) is 1. The summed E-state index contributed by atoms with van der Waals surface area (Å²) in [6, 6.07) is 9.22. The van der Waals surface area contributed by atoms with E-state index in [1.165, 1.54) is 10.9 Å². The lowest BCUT2D eigenvalue weighted by molar-refractivity contribution is 0.0837. The Morgan fingerprint density at radius 2 is 2.11 bits per heavy atom. The summed E-state index contributed by atoms with van der Waals surface area (Å²) in [5.41, 5.74) is 6.23. The fraction of sp³-hybridized carbons (Fsp3) is 0.231. The molecule has 2 rings (SSSR count). The van der Waals surface area contributed by atoms with Crippen molar-refractivity contribution >= 4 is 5.91 Å². The van der Waals surface area contributed by atoms with Gasteiger partial charge >= 0.3 is 0 Å². The van der Waals surface area contributed by atoms with Gasteiger partial charge in [0.1, 0.15) is 12.1 Å². The van der Waals surface area contributed by atoms with Crippen LogP contribution in [0.1, 0.15) is 10.5 Å². The first-order valence-electron chi connectivity index (χ1n) is 5.73. The number of nitrogens with two attached hydrogens (primary N) is 1. The van der Waals surface area contributed by atoms with E-state index in [1.807, 2.05) is 18.2 Å². The van der Waals surface area contributed by atoms with Gasteiger partial charge in [-0.05, 0) is 18.7 Å². The summed E-state index contributed by atoms with van der Waals surface area (Å²) >= 11 is 0. The molecule has 0 atom stereocenters. The summed E-state index contributed by atoms with van der Waals surface area (Å²) in [6.07, 6.45) is 3.84. The molecule has 0 fully saturated rings. The highest BCUT2D eigenvalue weighted by Crippen LogP contribution is 2.08. The lowest BCUT2D eigenvalue weighted by Crippen LogP contribution is -2.17. The first-order valence-corrected chi connectivity index (χ1v) is 5.73. The molecule has 5 heteroatoms. The number of para-hydroxylation sites is 1. The molecule has 0 saturated carbocycles. The summed E-state index contributed by atoms with van der Waals surface area (Å²) in [4.78, 5) is 15.9. The Kier molecular flexibility index (Phi) is 4.09. The molecule has 18 heavy (non-hydrogen) atoms. The zero-order valence-electron chi connectivity index (χ0n) is 9.95. The van der Waals surface area contributed by atoms with Crippen molar-refractivity contribution in [1.82, 2.24) is 9.55 Å². The molecule has 0 aliphatic carbocycles. The van der Waals surface area contributed by atoms with Crippen molar-refractivity contribution in [3.8, 4) is 5.75 Å². The smallest absolute Gasteiger partial charge is 0.269 e. The summed E-state index contributed by atoms with van der Waals surface area (Å²) in [5.74, 6) is 0.516. The highest BCUT2D eigenvalue weighted by atomic mass is 16.5. The molecule has 0 radical (unpaired) electrons. The lowest BCUT2D eigenvalue weighted by Gasteiger charge is -2.04. The average Bonchev–Trinajstić information content (AvgIpc) is 2.86. The molecule has 0 amide bonds. The van der Waals surface area contributed by atoms with Gasteiger partial charge < -0.3 is 10.5 Å². The Labute approximate surface area is 105 Å². The number of carbonyl (C=O) groups is 1. The van der Waals surface area contributed by atoms with Crippen LogP contribution in [0.4, 0.5) is 0 Å². The number of nitrogens with zero attached hydrogens (tertiary/aromatic N) is 2. The Bertz CT molecular complexity index is 508. The van der Waals surface area contributed by atoms with Crippen LogP contribution < -0.4 is 10.5 Å². The molecule has 0 aliphatic rings. The van der Waals surface area contributed by atoms with E-state index in [1.54, 1.807) is 18.3 Å². The van der Waals surface area contributed by atoms with Crippen molar-refractivity contribution in [2.24, 2.45) is 5.73 Å². The fourth-order valence-electron chi connectivity index (χ4n) is 1.51. The van der Waals surface area contributed by atoms with Crippen molar-refractivity contribution < 1.29 is 9.53 Å². The first-order chi connectivity index (χ1) is 8.79. The number of carbonyl (C=O) groups excluding carboxylic acids is 1. The largest absolute Gasteiger partial charge is 0.484 e. The second kappa shape index (κ2) is 5.97. The Balaban J connectivity index is 1.91. The van der Waals surface area contributed by atoms with E-state index in [4.69, 9.17) is 10.5 Å². The molecule has 0 aliphatic heterocycles. The van der Waals surface area contributed by atoms with Gasteiger partial charge in [0, 0.05) is 12.6 Å². The summed E-state index contributed by atoms with van der Waals surface area (Å²) < 4.78 is 6.79. The lowest BCUT2D eigenvalue weighted by atomic mass is 10.3. The molecular weight excluding hydrogens is 230 g/mol. The molecule has 1 aromatic carbocycles. The minimum atomic E-state index is -0.158. The van der Waals surface area contributed by atoms with Gasteiger partial charge in [-0.15, -0.1) is 0 Å². The van der Waals surface area contributed by atoms with Crippen LogP contribution in [-0.2, 0) is 6.42 Å². The maximum Gasteiger partial charge on any atom is 0.269 e. The van der Waals surface area contributed by atoms with Crippen LogP contribution in [0.15, 0.2) is 42.9 Å². The molecule has 5 nitrogen and oxygen atoms in total. The van der Waals surface area contributed by atoms with E-state index in [-0.39, 0.29) is 12.5 Å². The van der Waals surface area contributed by atoms with Gasteiger partial charge in [-0.2, -0.15) is 0 Å². The van der Waals surface area contributed by atoms with Gasteiger partial charge in [-0.25, -0.2) is 4.98 Å². The molecule has 0 saturated heterocycles. The minimum absolute atomic E-state index is 0.0115. The number of hydrogen-bond donors (Lipinski definition) is 1. The van der Waals surface area contributed by atoms with Crippen LogP contribution in [0.25, 0.3) is 0 Å². The van der Waals surface area contributed by atoms with E-state index < -0.39 is 0 Å². The predicted molar refractivity (Wildman–Crippen MR) is 67.5 cm³/mol. The third-order valence-corrected chi connectivity index (χ3v) is 2.43. The zero-order chi connectivity index (χ0) is 12.8. The predicted octanol–water partition coefficient (Wildman–Crippen LogP) is 1.10. The SMILES string of the molecule is NCCc1cn(C(=O)COc2ccccc2)cn1. The standard InChI is InChI=1S/C13H15N3O2/c14-7-6-11-8-16(10-15-11)13(17)9-18-12-4-2-1-3-5-12/h1-5,8,10H,6-7,9,14H2. The van der Waals surface area contributed by atoms with E-state index in [2.05, 4.69) is 4.98 Å². The molecule has 1 heterocycles. The van der Waals surface area contributed by atoms with E-state index in [0.29, 0.717) is 18.7 Å². The summed E-state index contributed by atoms with van der Waals surface area (Å²) in [6.45, 7) is 0.508. The molecule has 1 aromatic heterocycles. The van der Waals surface area contributed by atoms with Crippen LogP contribution in [0, 0.1) is 0 Å². The third-order valence-electron chi connectivity index (χ3n) is 2.43. The van der Waals surface area contributed by atoms with Gasteiger partial charge in [0.05, 0.1) is 5.69 Å². The highest BCUT2D eigenvalue weighted by Gasteiger charge is 2.07. The van der Waals surface area contributed by atoms with Crippen LogP contribution in [0.2, 0.25) is 0 Å². The van der Waals surface area contributed by atoms with Crippen LogP contribution in [0.3, 0.4) is 0 Å². The van der Waals surface area contributed by atoms with Crippen LogP contribution in [0.5, 0.6) is 5.75 Å². The van der Waals surface area contributed by atoms with Crippen LogP contribution in [-0.4, -0.2) is 28.6 Å². The van der Waals surface area contributed by atoms with Gasteiger partial charge in [0.25, 0.3) is 5.91 Å². The van der Waals surface area contributed by atoms with Crippen molar-refractivity contribution in [2.45, 2.75) is 6.42 Å². The fourth-order valence-corrected chi connectivity index (χ4v) is 1.51. The molecule has 2 aromatic rings. The number of benzene rings is 1. The second-order valence-electron chi connectivity index (χ2n) is 3.81. The quantitative estimate of drug-likeness (QED) is 0.856. The van der Waals surface area contributed by atoms with Gasteiger partial charge in [0.2, 0.25) is 0 Å². The van der Waals surface area contributed by atoms with Gasteiger partial charge in [-0.1, -0.05) is 18.2 Å². The monoisotopic (exact) mass is 245 g/mol. The first kappa shape index (κ1) is 12.3. The summed E-state index contributed by atoms with van der Waals surface area (Å²) in [5, 5.41) is 0. The highest BCUT2D eigenvalue weighted by molar-refractivity contribution is 5.80. The maximum atomic E-state index is 11.8. The summed E-state index contributed by atoms with van der Waals surface area (Å²) in [7, 11) is 0. The second-order valence-corrected chi connectivity index (χ2v) is 3.81. The maximum absolute atomic E-state index is 11.8. The Morgan fingerprint density at radius 3 is 2.83 bits per heavy atom. The number of rotatable bonds is 5. The van der Waals surface area contributed by atoms with E-state index in [9.17, 15) is 4.79 Å². The Hall–Kier alpha value is -2.14. The number of hydrogen-bond acceptors (Lipinski definition) is 4. The third kappa shape index (κ3) is 3.18. The van der Waals surface area contributed by atoms with Crippen molar-refractivity contribution in [3.05, 3.63) is 48.5 Å². The molecule has 94 valence electrons. The normalized spacial score (nSPS) is 10.3.